The van der Waals surface area contributed by atoms with E-state index < -0.39 is 11.4 Å². The van der Waals surface area contributed by atoms with Crippen molar-refractivity contribution >= 4 is 11.6 Å². The molecule has 0 unspecified atom stereocenters. The zero-order valence-electron chi connectivity index (χ0n) is 5.22. The lowest BCUT2D eigenvalue weighted by molar-refractivity contribution is 0.393. The Kier molecular flexibility index (Phi) is 10.1. The first-order valence-corrected chi connectivity index (χ1v) is 2.80. The Balaban J connectivity index is 0. The van der Waals surface area contributed by atoms with Crippen molar-refractivity contribution in [1.82, 2.24) is 0 Å². The maximum Gasteiger partial charge on any atom is 0.317 e. The summed E-state index contributed by atoms with van der Waals surface area (Å²) >= 11 is 4.08. The molecule has 56 valence electrons. The van der Waals surface area contributed by atoms with Crippen LogP contribution in [0.1, 0.15) is 20.3 Å². The maximum atomic E-state index is 10.7. The molecule has 0 N–H and O–H groups in total. The zero-order chi connectivity index (χ0) is 7.86. The second-order valence-corrected chi connectivity index (χ2v) is 1.56. The van der Waals surface area contributed by atoms with Crippen molar-refractivity contribution in [2.75, 3.05) is 0 Å². The molecule has 0 aliphatic heterocycles. The summed E-state index contributed by atoms with van der Waals surface area (Å²) in [6.45, 7) is 4.25. The van der Waals surface area contributed by atoms with Crippen LogP contribution in [0.2, 0.25) is 0 Å². The molecule has 4 heteroatoms. The van der Waals surface area contributed by atoms with E-state index in [2.05, 4.69) is 25.4 Å². The first kappa shape index (κ1) is 11.6. The third-order valence-corrected chi connectivity index (χ3v) is 0.286. The van der Waals surface area contributed by atoms with E-state index in [1.807, 2.05) is 0 Å². The first-order valence-electron chi connectivity index (χ1n) is 2.42. The van der Waals surface area contributed by atoms with Gasteiger partial charge in [0.2, 0.25) is 0 Å². The highest BCUT2D eigenvalue weighted by atomic mass is 35.5. The summed E-state index contributed by atoms with van der Waals surface area (Å²) in [4.78, 5) is 0. The fraction of sp³-hybridized carbons (Fsp3) is 0.600. The molecule has 0 aliphatic rings. The van der Waals surface area contributed by atoms with E-state index in [1.165, 1.54) is 6.42 Å². The fourth-order valence-electron chi connectivity index (χ4n) is 0. The molecule has 0 saturated carbocycles. The Morgan fingerprint density at radius 1 is 1.22 bits per heavy atom. The van der Waals surface area contributed by atoms with E-state index in [4.69, 9.17) is 0 Å². The summed E-state index contributed by atoms with van der Waals surface area (Å²) in [5.41, 5.74) is 0. The molecule has 0 aromatic carbocycles. The summed E-state index contributed by atoms with van der Waals surface area (Å²) in [6, 6.07) is 0. The maximum absolute atomic E-state index is 10.7. The standard InChI is InChI=1S/C3H8.C2ClF3/c1-3-2;3-1(4)2(5)6/h3H2,1-2H3;. The van der Waals surface area contributed by atoms with Gasteiger partial charge < -0.3 is 0 Å². The summed E-state index contributed by atoms with van der Waals surface area (Å²) in [5.74, 6) is 0. The van der Waals surface area contributed by atoms with Gasteiger partial charge in [-0.3, -0.25) is 0 Å². The van der Waals surface area contributed by atoms with Crippen LogP contribution in [0.25, 0.3) is 0 Å². The Morgan fingerprint density at radius 2 is 1.33 bits per heavy atom. The average molecular weight is 161 g/mol. The van der Waals surface area contributed by atoms with Gasteiger partial charge in [-0.25, -0.2) is 0 Å². The van der Waals surface area contributed by atoms with Gasteiger partial charge in [0.1, 0.15) is 0 Å². The van der Waals surface area contributed by atoms with Gasteiger partial charge in [-0.05, 0) is 11.6 Å². The van der Waals surface area contributed by atoms with Crippen molar-refractivity contribution in [2.45, 2.75) is 20.3 Å². The van der Waals surface area contributed by atoms with Gasteiger partial charge in [-0.15, -0.1) is 0 Å². The smallest absolute Gasteiger partial charge is 0.188 e. The Morgan fingerprint density at radius 3 is 1.33 bits per heavy atom. The van der Waals surface area contributed by atoms with Crippen molar-refractivity contribution in [2.24, 2.45) is 0 Å². The normalized spacial score (nSPS) is 7.33. The minimum atomic E-state index is -2.48. The van der Waals surface area contributed by atoms with E-state index in [0.29, 0.717) is 0 Å². The van der Waals surface area contributed by atoms with Gasteiger partial charge in [-0.2, -0.15) is 13.2 Å². The molecule has 0 aromatic rings. The van der Waals surface area contributed by atoms with Crippen LogP contribution < -0.4 is 0 Å². The Bertz CT molecular complexity index is 72.2. The van der Waals surface area contributed by atoms with Crippen LogP contribution >= 0.6 is 11.6 Å². The van der Waals surface area contributed by atoms with Crippen molar-refractivity contribution in [3.63, 3.8) is 0 Å². The van der Waals surface area contributed by atoms with Crippen LogP contribution in [0.15, 0.2) is 11.4 Å². The summed E-state index contributed by atoms with van der Waals surface area (Å²) in [7, 11) is 0. The molecule has 0 rings (SSSR count). The highest BCUT2D eigenvalue weighted by Gasteiger charge is 1.95. The first-order chi connectivity index (χ1) is 4.06. The monoisotopic (exact) mass is 160 g/mol. The van der Waals surface area contributed by atoms with Crippen LogP contribution in [-0.4, -0.2) is 0 Å². The summed E-state index contributed by atoms with van der Waals surface area (Å²) in [6.07, 6.45) is -1.23. The molecule has 0 heterocycles. The molecular formula is C5H8ClF3. The van der Waals surface area contributed by atoms with E-state index in [-0.39, 0.29) is 0 Å². The molecule has 0 spiro atoms. The van der Waals surface area contributed by atoms with Crippen LogP contribution in [0.5, 0.6) is 0 Å². The lowest BCUT2D eigenvalue weighted by Crippen LogP contribution is -1.54. The van der Waals surface area contributed by atoms with E-state index >= 15 is 0 Å². The average Bonchev–Trinajstić information content (AvgIpc) is 1.68. The minimum absolute atomic E-state index is 1.25. The van der Waals surface area contributed by atoms with Gasteiger partial charge in [0.05, 0.1) is 0 Å². The second-order valence-electron chi connectivity index (χ2n) is 1.23. The van der Waals surface area contributed by atoms with Gasteiger partial charge in [0.15, 0.2) is 0 Å². The van der Waals surface area contributed by atoms with Crippen LogP contribution in [-0.2, 0) is 0 Å². The van der Waals surface area contributed by atoms with Gasteiger partial charge in [-0.1, -0.05) is 20.3 Å². The Labute approximate surface area is 57.3 Å². The van der Waals surface area contributed by atoms with Crippen molar-refractivity contribution in [3.05, 3.63) is 11.4 Å². The largest absolute Gasteiger partial charge is 0.317 e. The van der Waals surface area contributed by atoms with E-state index in [9.17, 15) is 13.2 Å². The van der Waals surface area contributed by atoms with Gasteiger partial charge in [0, 0.05) is 0 Å². The Hall–Kier alpha value is -0.180. The highest BCUT2D eigenvalue weighted by molar-refractivity contribution is 6.28. The van der Waals surface area contributed by atoms with E-state index in [1.54, 1.807) is 0 Å². The molecule has 0 nitrogen and oxygen atoms in total. The zero-order valence-corrected chi connectivity index (χ0v) is 5.97. The molecule has 0 atom stereocenters. The van der Waals surface area contributed by atoms with Crippen LogP contribution in [0.3, 0.4) is 0 Å². The molecule has 0 bridgehead atoms. The number of hydrogen-bond donors (Lipinski definition) is 0. The molecule has 9 heavy (non-hydrogen) atoms. The molecule has 0 aromatic heterocycles. The van der Waals surface area contributed by atoms with Crippen LogP contribution in [0, 0.1) is 0 Å². The topological polar surface area (TPSA) is 0 Å². The molecule has 0 aliphatic carbocycles. The predicted molar refractivity (Wildman–Crippen MR) is 32.2 cm³/mol. The number of rotatable bonds is 0. The van der Waals surface area contributed by atoms with Crippen molar-refractivity contribution < 1.29 is 13.2 Å². The van der Waals surface area contributed by atoms with Gasteiger partial charge in [0.25, 0.3) is 5.29 Å². The molecule has 0 saturated heterocycles. The number of halogens is 4. The number of hydrogen-bond acceptors (Lipinski definition) is 0. The summed E-state index contributed by atoms with van der Waals surface area (Å²) in [5, 5.41) is -1.94. The highest BCUT2D eigenvalue weighted by Crippen LogP contribution is 2.11. The van der Waals surface area contributed by atoms with Crippen LogP contribution in [0.4, 0.5) is 13.2 Å². The lowest BCUT2D eigenvalue weighted by Gasteiger charge is -1.70. The molecule has 0 amide bonds. The third kappa shape index (κ3) is 18.2. The molecule has 0 fully saturated rings. The SMILES string of the molecule is CCC.FC(F)=C(F)Cl. The second kappa shape index (κ2) is 7.82. The minimum Gasteiger partial charge on any atom is -0.188 e. The quantitative estimate of drug-likeness (QED) is 0.507. The summed E-state index contributed by atoms with van der Waals surface area (Å²) < 4.78 is 31.8. The lowest BCUT2D eigenvalue weighted by atomic mass is 10.6. The molecular weight excluding hydrogens is 153 g/mol. The van der Waals surface area contributed by atoms with Crippen molar-refractivity contribution in [1.29, 1.82) is 0 Å². The fourth-order valence-corrected chi connectivity index (χ4v) is 0. The van der Waals surface area contributed by atoms with Crippen molar-refractivity contribution in [3.8, 4) is 0 Å². The predicted octanol–water partition coefficient (Wildman–Crippen LogP) is 3.68. The van der Waals surface area contributed by atoms with Gasteiger partial charge >= 0.3 is 6.08 Å². The molecule has 0 radical (unpaired) electrons. The third-order valence-electron chi connectivity index (χ3n) is 0.143. The van der Waals surface area contributed by atoms with E-state index in [0.717, 1.165) is 0 Å².